The van der Waals surface area contributed by atoms with Gasteiger partial charge in [-0.15, -0.1) is 11.6 Å². The number of aryl methyl sites for hydroxylation is 1. The highest BCUT2D eigenvalue weighted by Gasteiger charge is 2.10. The quantitative estimate of drug-likeness (QED) is 0.684. The maximum absolute atomic E-state index is 5.96. The monoisotopic (exact) mass is 310 g/mol. The molecule has 0 saturated heterocycles. The van der Waals surface area contributed by atoms with E-state index in [-0.39, 0.29) is 0 Å². The summed E-state index contributed by atoms with van der Waals surface area (Å²) in [5, 5.41) is 0.640. The third-order valence-electron chi connectivity index (χ3n) is 3.02. The Labute approximate surface area is 129 Å². The predicted molar refractivity (Wildman–Crippen MR) is 83.5 cm³/mol. The van der Waals surface area contributed by atoms with Crippen LogP contribution in [0.3, 0.4) is 0 Å². The van der Waals surface area contributed by atoms with Gasteiger partial charge in [0.05, 0.1) is 13.0 Å². The average molecular weight is 311 g/mol. The third kappa shape index (κ3) is 3.38. The maximum Gasteiger partial charge on any atom is 0.169 e. The van der Waals surface area contributed by atoms with Crippen LogP contribution in [0.15, 0.2) is 36.4 Å². The lowest BCUT2D eigenvalue weighted by Gasteiger charge is -2.13. The van der Waals surface area contributed by atoms with E-state index in [1.807, 2.05) is 24.3 Å². The molecule has 0 N–H and O–H groups in total. The van der Waals surface area contributed by atoms with Gasteiger partial charge in [0.2, 0.25) is 0 Å². The minimum Gasteiger partial charge on any atom is -0.493 e. The van der Waals surface area contributed by atoms with Gasteiger partial charge >= 0.3 is 0 Å². The van der Waals surface area contributed by atoms with Crippen LogP contribution in [0.1, 0.15) is 18.1 Å². The molecule has 0 aliphatic carbocycles. The van der Waals surface area contributed by atoms with Crippen LogP contribution in [-0.4, -0.2) is 7.11 Å². The van der Waals surface area contributed by atoms with Gasteiger partial charge in [0.25, 0.3) is 0 Å². The summed E-state index contributed by atoms with van der Waals surface area (Å²) in [6.45, 7) is 2.10. The predicted octanol–water partition coefficient (Wildman–Crippen LogP) is 5.44. The number of alkyl halides is 1. The van der Waals surface area contributed by atoms with Crippen molar-refractivity contribution < 1.29 is 9.47 Å². The molecule has 0 heterocycles. The topological polar surface area (TPSA) is 18.5 Å². The fourth-order valence-electron chi connectivity index (χ4n) is 1.89. The van der Waals surface area contributed by atoms with Gasteiger partial charge in [0, 0.05) is 10.6 Å². The van der Waals surface area contributed by atoms with E-state index in [1.165, 1.54) is 5.56 Å². The summed E-state index contributed by atoms with van der Waals surface area (Å²) in [6.07, 6.45) is 0.949. The van der Waals surface area contributed by atoms with E-state index in [0.29, 0.717) is 28.2 Å². The van der Waals surface area contributed by atoms with Gasteiger partial charge in [-0.05, 0) is 42.3 Å². The van der Waals surface area contributed by atoms with Crippen molar-refractivity contribution in [2.75, 3.05) is 7.11 Å². The van der Waals surface area contributed by atoms with Crippen molar-refractivity contribution in [2.45, 2.75) is 19.2 Å². The lowest BCUT2D eigenvalue weighted by molar-refractivity contribution is 0.377. The number of hydrogen-bond donors (Lipinski definition) is 0. The first-order valence-corrected chi connectivity index (χ1v) is 7.28. The van der Waals surface area contributed by atoms with Gasteiger partial charge in [-0.2, -0.15) is 0 Å². The molecule has 0 bridgehead atoms. The zero-order valence-corrected chi connectivity index (χ0v) is 13.0. The van der Waals surface area contributed by atoms with Crippen LogP contribution in [0.5, 0.6) is 17.2 Å². The van der Waals surface area contributed by atoms with Crippen LogP contribution in [0.4, 0.5) is 0 Å². The number of methoxy groups -OCH3 is 1. The fraction of sp³-hybridized carbons (Fsp3) is 0.250. The van der Waals surface area contributed by atoms with E-state index in [0.717, 1.165) is 12.0 Å². The molecule has 0 amide bonds. The third-order valence-corrected chi connectivity index (χ3v) is 3.55. The highest BCUT2D eigenvalue weighted by atomic mass is 35.5. The summed E-state index contributed by atoms with van der Waals surface area (Å²) in [7, 11) is 1.63. The summed E-state index contributed by atoms with van der Waals surface area (Å²) in [4.78, 5) is 0. The SMILES string of the molecule is CCc1ccc(Oc2ccc(Cl)cc2CCl)c(OC)c1. The zero-order valence-electron chi connectivity index (χ0n) is 11.5. The maximum atomic E-state index is 5.96. The number of halogens is 2. The Morgan fingerprint density at radius 2 is 1.75 bits per heavy atom. The highest BCUT2D eigenvalue weighted by Crippen LogP contribution is 2.35. The molecule has 0 saturated carbocycles. The first kappa shape index (κ1) is 15.0. The van der Waals surface area contributed by atoms with E-state index < -0.39 is 0 Å². The lowest BCUT2D eigenvalue weighted by atomic mass is 10.1. The lowest BCUT2D eigenvalue weighted by Crippen LogP contribution is -1.94. The molecule has 2 aromatic rings. The summed E-state index contributed by atoms with van der Waals surface area (Å²) in [5.74, 6) is 2.40. The Bertz CT molecular complexity index is 597. The molecule has 0 fully saturated rings. The fourth-order valence-corrected chi connectivity index (χ4v) is 2.29. The summed E-state index contributed by atoms with van der Waals surface area (Å²) in [5.41, 5.74) is 2.05. The van der Waals surface area contributed by atoms with Crippen molar-refractivity contribution in [3.63, 3.8) is 0 Å². The number of benzene rings is 2. The van der Waals surface area contributed by atoms with Crippen LogP contribution in [0.2, 0.25) is 5.02 Å². The normalized spacial score (nSPS) is 10.4. The molecular formula is C16H16Cl2O2. The van der Waals surface area contributed by atoms with E-state index in [1.54, 1.807) is 19.2 Å². The summed E-state index contributed by atoms with van der Waals surface area (Å²) < 4.78 is 11.3. The van der Waals surface area contributed by atoms with E-state index in [4.69, 9.17) is 32.7 Å². The Kier molecular flexibility index (Phi) is 5.16. The van der Waals surface area contributed by atoms with Crippen molar-refractivity contribution in [2.24, 2.45) is 0 Å². The van der Waals surface area contributed by atoms with Gasteiger partial charge in [-0.25, -0.2) is 0 Å². The Balaban J connectivity index is 2.34. The molecule has 0 aliphatic rings. The van der Waals surface area contributed by atoms with Crippen LogP contribution in [0, 0.1) is 0 Å². The largest absolute Gasteiger partial charge is 0.493 e. The molecule has 0 unspecified atom stereocenters. The molecule has 0 spiro atoms. The van der Waals surface area contributed by atoms with Crippen LogP contribution in [0.25, 0.3) is 0 Å². The minimum atomic E-state index is 0.339. The second-order valence-electron chi connectivity index (χ2n) is 4.33. The van der Waals surface area contributed by atoms with Crippen LogP contribution >= 0.6 is 23.2 Å². The van der Waals surface area contributed by atoms with Gasteiger partial charge in [-0.3, -0.25) is 0 Å². The van der Waals surface area contributed by atoms with Crippen LogP contribution in [-0.2, 0) is 12.3 Å². The molecular weight excluding hydrogens is 295 g/mol. The van der Waals surface area contributed by atoms with Crippen LogP contribution < -0.4 is 9.47 Å². The molecule has 0 aliphatic heterocycles. The Hall–Kier alpha value is -1.38. The first-order chi connectivity index (χ1) is 9.67. The molecule has 2 rings (SSSR count). The van der Waals surface area contributed by atoms with Crippen molar-refractivity contribution in [3.05, 3.63) is 52.5 Å². The minimum absolute atomic E-state index is 0.339. The highest BCUT2D eigenvalue weighted by molar-refractivity contribution is 6.30. The first-order valence-electron chi connectivity index (χ1n) is 6.37. The van der Waals surface area contributed by atoms with E-state index in [9.17, 15) is 0 Å². The second-order valence-corrected chi connectivity index (χ2v) is 5.03. The smallest absolute Gasteiger partial charge is 0.169 e. The van der Waals surface area contributed by atoms with Gasteiger partial charge in [-0.1, -0.05) is 24.6 Å². The Morgan fingerprint density at radius 3 is 2.40 bits per heavy atom. The molecule has 4 heteroatoms. The average Bonchev–Trinajstić information content (AvgIpc) is 2.49. The van der Waals surface area contributed by atoms with E-state index >= 15 is 0 Å². The molecule has 0 atom stereocenters. The van der Waals surface area contributed by atoms with Crippen molar-refractivity contribution in [3.8, 4) is 17.2 Å². The molecule has 0 radical (unpaired) electrons. The summed E-state index contributed by atoms with van der Waals surface area (Å²) in [6, 6.07) is 11.3. The van der Waals surface area contributed by atoms with Gasteiger partial charge in [0.1, 0.15) is 5.75 Å². The molecule has 2 aromatic carbocycles. The summed E-state index contributed by atoms with van der Waals surface area (Å²) >= 11 is 11.9. The number of ether oxygens (including phenoxy) is 2. The van der Waals surface area contributed by atoms with Crippen molar-refractivity contribution in [1.29, 1.82) is 0 Å². The van der Waals surface area contributed by atoms with Gasteiger partial charge < -0.3 is 9.47 Å². The van der Waals surface area contributed by atoms with Crippen molar-refractivity contribution in [1.82, 2.24) is 0 Å². The van der Waals surface area contributed by atoms with Crippen molar-refractivity contribution >= 4 is 23.2 Å². The number of rotatable bonds is 5. The van der Waals surface area contributed by atoms with Gasteiger partial charge in [0.15, 0.2) is 11.5 Å². The molecule has 106 valence electrons. The molecule has 0 aromatic heterocycles. The second kappa shape index (κ2) is 6.87. The Morgan fingerprint density at radius 1 is 1.00 bits per heavy atom. The number of hydrogen-bond acceptors (Lipinski definition) is 2. The zero-order chi connectivity index (χ0) is 14.5. The molecule has 20 heavy (non-hydrogen) atoms. The standard InChI is InChI=1S/C16H16Cl2O2/c1-3-11-4-6-15(16(8-11)19-2)20-14-7-5-13(18)9-12(14)10-17/h4-9H,3,10H2,1-2H3. The van der Waals surface area contributed by atoms with E-state index in [2.05, 4.69) is 6.92 Å². The molecule has 2 nitrogen and oxygen atoms in total.